The van der Waals surface area contributed by atoms with E-state index in [9.17, 15) is 9.90 Å². The van der Waals surface area contributed by atoms with Crippen molar-refractivity contribution < 1.29 is 14.6 Å². The van der Waals surface area contributed by atoms with Crippen LogP contribution in [0.25, 0.3) is 17.2 Å². The van der Waals surface area contributed by atoms with Crippen LogP contribution in [0.5, 0.6) is 11.5 Å². The first-order valence-electron chi connectivity index (χ1n) is 9.37. The summed E-state index contributed by atoms with van der Waals surface area (Å²) in [6, 6.07) is 19.5. The first kappa shape index (κ1) is 20.4. The van der Waals surface area contributed by atoms with Crippen LogP contribution in [0.1, 0.15) is 0 Å². The summed E-state index contributed by atoms with van der Waals surface area (Å²) in [5, 5.41) is 21.5. The number of ether oxygens (including phenoxy) is 1. The number of hydrogen-bond donors (Lipinski definition) is 2. The van der Waals surface area contributed by atoms with Crippen LogP contribution in [0.4, 0.5) is 5.69 Å². The van der Waals surface area contributed by atoms with E-state index in [1.807, 2.05) is 47.0 Å². The Balaban J connectivity index is 1.59. The lowest BCUT2D eigenvalue weighted by molar-refractivity contribution is -0.113. The molecule has 9 heteroatoms. The molecule has 2 aromatic carbocycles. The number of rotatable bonds is 7. The van der Waals surface area contributed by atoms with Crippen molar-refractivity contribution in [1.82, 2.24) is 19.7 Å². The topological polar surface area (TPSA) is 102 Å². The van der Waals surface area contributed by atoms with Gasteiger partial charge >= 0.3 is 0 Å². The molecule has 0 saturated heterocycles. The highest BCUT2D eigenvalue weighted by Crippen LogP contribution is 2.28. The third-order valence-corrected chi connectivity index (χ3v) is 5.25. The van der Waals surface area contributed by atoms with Crippen LogP contribution in [0.15, 0.2) is 78.1 Å². The average molecular weight is 433 g/mol. The summed E-state index contributed by atoms with van der Waals surface area (Å²) in [5.74, 6) is 1.29. The standard InChI is InChI=1S/C22H19N5O3S/c1-30-18-10-8-16(9-11-18)27-21(19-7-2-3-12-23-19)25-26-22(27)31-14-20(29)24-15-5-4-6-17(28)13-15/h2-13,28H,14H2,1H3,(H,24,29). The first-order valence-corrected chi connectivity index (χ1v) is 10.4. The van der Waals surface area contributed by atoms with Gasteiger partial charge in [0.1, 0.15) is 17.2 Å². The molecule has 0 spiro atoms. The summed E-state index contributed by atoms with van der Waals surface area (Å²) in [4.78, 5) is 16.8. The SMILES string of the molecule is COc1ccc(-n2c(SCC(=O)Nc3cccc(O)c3)nnc2-c2ccccn2)cc1. The molecule has 2 heterocycles. The third kappa shape index (κ3) is 4.84. The molecule has 8 nitrogen and oxygen atoms in total. The van der Waals surface area contributed by atoms with Gasteiger partial charge in [-0.15, -0.1) is 10.2 Å². The molecular weight excluding hydrogens is 414 g/mol. The van der Waals surface area contributed by atoms with Crippen molar-refractivity contribution in [1.29, 1.82) is 0 Å². The number of carbonyl (C=O) groups excluding carboxylic acids is 1. The Bertz CT molecular complexity index is 1180. The first-order chi connectivity index (χ1) is 15.1. The van der Waals surface area contributed by atoms with Crippen LogP contribution in [0.2, 0.25) is 0 Å². The molecule has 0 unspecified atom stereocenters. The second kappa shape index (κ2) is 9.31. The van der Waals surface area contributed by atoms with E-state index in [-0.39, 0.29) is 17.4 Å². The van der Waals surface area contributed by atoms with E-state index < -0.39 is 0 Å². The van der Waals surface area contributed by atoms with Crippen molar-refractivity contribution in [3.05, 3.63) is 72.9 Å². The molecule has 31 heavy (non-hydrogen) atoms. The predicted octanol–water partition coefficient (Wildman–Crippen LogP) is 3.77. The maximum atomic E-state index is 12.4. The van der Waals surface area contributed by atoms with Crippen LogP contribution < -0.4 is 10.1 Å². The van der Waals surface area contributed by atoms with E-state index >= 15 is 0 Å². The Morgan fingerprint density at radius 3 is 2.65 bits per heavy atom. The second-order valence-electron chi connectivity index (χ2n) is 6.44. The van der Waals surface area contributed by atoms with Gasteiger partial charge in [-0.3, -0.25) is 14.3 Å². The molecule has 156 valence electrons. The molecule has 0 fully saturated rings. The molecule has 0 atom stereocenters. The quantitative estimate of drug-likeness (QED) is 0.428. The number of carbonyl (C=O) groups is 1. The Hall–Kier alpha value is -3.85. The molecule has 4 rings (SSSR count). The zero-order valence-electron chi connectivity index (χ0n) is 16.6. The number of phenols is 1. The molecule has 0 radical (unpaired) electrons. The largest absolute Gasteiger partial charge is 0.508 e. The molecule has 2 N–H and O–H groups in total. The van der Waals surface area contributed by atoms with E-state index in [0.29, 0.717) is 22.4 Å². The van der Waals surface area contributed by atoms with Crippen molar-refractivity contribution in [3.8, 4) is 28.7 Å². The smallest absolute Gasteiger partial charge is 0.234 e. The van der Waals surface area contributed by atoms with Gasteiger partial charge in [0.05, 0.1) is 18.6 Å². The monoisotopic (exact) mass is 433 g/mol. The van der Waals surface area contributed by atoms with Crippen molar-refractivity contribution in [2.24, 2.45) is 0 Å². The Morgan fingerprint density at radius 2 is 1.94 bits per heavy atom. The average Bonchev–Trinajstić information content (AvgIpc) is 3.22. The van der Waals surface area contributed by atoms with Gasteiger partial charge in [-0.25, -0.2) is 0 Å². The Kier molecular flexibility index (Phi) is 6.13. The zero-order valence-corrected chi connectivity index (χ0v) is 17.4. The number of pyridine rings is 1. The number of benzene rings is 2. The number of anilines is 1. The fourth-order valence-electron chi connectivity index (χ4n) is 2.90. The summed E-state index contributed by atoms with van der Waals surface area (Å²) in [7, 11) is 1.61. The number of amides is 1. The van der Waals surface area contributed by atoms with E-state index in [1.165, 1.54) is 17.8 Å². The molecule has 4 aromatic rings. The van der Waals surface area contributed by atoms with Gasteiger partial charge in [0.25, 0.3) is 0 Å². The number of aromatic hydroxyl groups is 1. The minimum atomic E-state index is -0.223. The van der Waals surface area contributed by atoms with E-state index in [4.69, 9.17) is 4.74 Å². The van der Waals surface area contributed by atoms with E-state index in [0.717, 1.165) is 11.4 Å². The number of nitrogens with zero attached hydrogens (tertiary/aromatic N) is 4. The molecule has 2 aromatic heterocycles. The van der Waals surface area contributed by atoms with Gasteiger partial charge < -0.3 is 15.2 Å². The van der Waals surface area contributed by atoms with Crippen LogP contribution in [0, 0.1) is 0 Å². The maximum Gasteiger partial charge on any atom is 0.234 e. The lowest BCUT2D eigenvalue weighted by atomic mass is 10.3. The normalized spacial score (nSPS) is 10.6. The van der Waals surface area contributed by atoms with Crippen molar-refractivity contribution in [2.75, 3.05) is 18.2 Å². The fourth-order valence-corrected chi connectivity index (χ4v) is 3.65. The van der Waals surface area contributed by atoms with E-state index in [1.54, 1.807) is 31.5 Å². The van der Waals surface area contributed by atoms with Crippen LogP contribution in [-0.4, -0.2) is 43.6 Å². The number of aromatic nitrogens is 4. The summed E-state index contributed by atoms with van der Waals surface area (Å²) in [6.45, 7) is 0. The lowest BCUT2D eigenvalue weighted by Crippen LogP contribution is -2.14. The van der Waals surface area contributed by atoms with Crippen molar-refractivity contribution in [3.63, 3.8) is 0 Å². The minimum absolute atomic E-state index is 0.0877. The van der Waals surface area contributed by atoms with Gasteiger partial charge in [0.2, 0.25) is 5.91 Å². The summed E-state index contributed by atoms with van der Waals surface area (Å²) >= 11 is 1.25. The van der Waals surface area contributed by atoms with Gasteiger partial charge in [-0.2, -0.15) is 0 Å². The molecule has 0 aliphatic carbocycles. The van der Waals surface area contributed by atoms with Crippen LogP contribution in [0.3, 0.4) is 0 Å². The highest BCUT2D eigenvalue weighted by molar-refractivity contribution is 7.99. The zero-order chi connectivity index (χ0) is 21.6. The molecule has 0 bridgehead atoms. The van der Waals surface area contributed by atoms with Gasteiger partial charge in [-0.1, -0.05) is 23.9 Å². The number of methoxy groups -OCH3 is 1. The molecule has 0 aliphatic rings. The number of thioether (sulfide) groups is 1. The van der Waals surface area contributed by atoms with Crippen molar-refractivity contribution >= 4 is 23.4 Å². The van der Waals surface area contributed by atoms with Gasteiger partial charge in [-0.05, 0) is 48.5 Å². The Labute approximate surface area is 182 Å². The summed E-state index contributed by atoms with van der Waals surface area (Å²) in [5.41, 5.74) is 2.01. The highest BCUT2D eigenvalue weighted by Gasteiger charge is 2.18. The fraction of sp³-hybridized carbons (Fsp3) is 0.0909. The van der Waals surface area contributed by atoms with Gasteiger partial charge in [0.15, 0.2) is 11.0 Å². The summed E-state index contributed by atoms with van der Waals surface area (Å²) in [6.07, 6.45) is 1.69. The molecular formula is C22H19N5O3S. The number of phenolic OH excluding ortho intramolecular Hbond substituents is 1. The maximum absolute atomic E-state index is 12.4. The van der Waals surface area contributed by atoms with Crippen LogP contribution in [-0.2, 0) is 4.79 Å². The highest BCUT2D eigenvalue weighted by atomic mass is 32.2. The van der Waals surface area contributed by atoms with E-state index in [2.05, 4.69) is 20.5 Å². The van der Waals surface area contributed by atoms with Crippen LogP contribution >= 0.6 is 11.8 Å². The molecule has 0 saturated carbocycles. The minimum Gasteiger partial charge on any atom is -0.508 e. The summed E-state index contributed by atoms with van der Waals surface area (Å²) < 4.78 is 7.10. The van der Waals surface area contributed by atoms with Gasteiger partial charge in [0, 0.05) is 18.0 Å². The molecule has 0 aliphatic heterocycles. The Morgan fingerprint density at radius 1 is 1.10 bits per heavy atom. The predicted molar refractivity (Wildman–Crippen MR) is 119 cm³/mol. The molecule has 1 amide bonds. The third-order valence-electron chi connectivity index (χ3n) is 4.32. The number of nitrogens with one attached hydrogen (secondary N) is 1. The lowest BCUT2D eigenvalue weighted by Gasteiger charge is -2.11. The number of hydrogen-bond acceptors (Lipinski definition) is 7. The second-order valence-corrected chi connectivity index (χ2v) is 7.38. The van der Waals surface area contributed by atoms with Crippen molar-refractivity contribution in [2.45, 2.75) is 5.16 Å².